The zero-order valence-corrected chi connectivity index (χ0v) is 10.6. The van der Waals surface area contributed by atoms with Crippen molar-refractivity contribution in [3.05, 3.63) is 27.8 Å². The standard InChI is InChI=1S/C9H7BrClN3O2/c1-2-16-8(15)5-4-14-7(12-5)3-6(10)13-9(14)11/h3-4H,2H2,1H3. The van der Waals surface area contributed by atoms with Crippen molar-refractivity contribution in [2.45, 2.75) is 6.92 Å². The lowest BCUT2D eigenvalue weighted by atomic mass is 10.5. The number of ether oxygens (including phenoxy) is 1. The molecule has 84 valence electrons. The first-order chi connectivity index (χ1) is 7.61. The molecule has 0 fully saturated rings. The molecule has 0 atom stereocenters. The summed E-state index contributed by atoms with van der Waals surface area (Å²) < 4.78 is 6.91. The van der Waals surface area contributed by atoms with Gasteiger partial charge in [0.2, 0.25) is 5.28 Å². The first-order valence-electron chi connectivity index (χ1n) is 4.50. The molecule has 0 saturated heterocycles. The lowest BCUT2D eigenvalue weighted by Crippen LogP contribution is -2.04. The molecule has 0 N–H and O–H groups in total. The highest BCUT2D eigenvalue weighted by Crippen LogP contribution is 2.17. The Morgan fingerprint density at radius 1 is 1.62 bits per heavy atom. The van der Waals surface area contributed by atoms with Gasteiger partial charge in [0.1, 0.15) is 10.3 Å². The maximum Gasteiger partial charge on any atom is 0.358 e. The van der Waals surface area contributed by atoms with Crippen molar-refractivity contribution in [3.63, 3.8) is 0 Å². The summed E-state index contributed by atoms with van der Waals surface area (Å²) in [6.07, 6.45) is 1.50. The second-order valence-electron chi connectivity index (χ2n) is 2.92. The monoisotopic (exact) mass is 303 g/mol. The third-order valence-corrected chi connectivity index (χ3v) is 2.54. The Morgan fingerprint density at radius 2 is 2.38 bits per heavy atom. The van der Waals surface area contributed by atoms with Crippen LogP contribution in [0.1, 0.15) is 17.4 Å². The number of carbonyl (C=O) groups is 1. The van der Waals surface area contributed by atoms with E-state index >= 15 is 0 Å². The van der Waals surface area contributed by atoms with Crippen LogP contribution in [-0.4, -0.2) is 26.9 Å². The van der Waals surface area contributed by atoms with Gasteiger partial charge in [-0.1, -0.05) is 0 Å². The zero-order chi connectivity index (χ0) is 11.7. The molecule has 0 aliphatic carbocycles. The molecule has 2 rings (SSSR count). The summed E-state index contributed by atoms with van der Waals surface area (Å²) >= 11 is 9.08. The van der Waals surface area contributed by atoms with Crippen molar-refractivity contribution in [2.75, 3.05) is 6.61 Å². The average molecular weight is 305 g/mol. The number of esters is 1. The maximum absolute atomic E-state index is 11.4. The van der Waals surface area contributed by atoms with E-state index in [4.69, 9.17) is 16.3 Å². The van der Waals surface area contributed by atoms with E-state index in [0.29, 0.717) is 16.9 Å². The summed E-state index contributed by atoms with van der Waals surface area (Å²) in [5, 5.41) is 0.229. The van der Waals surface area contributed by atoms with Gasteiger partial charge in [0.15, 0.2) is 5.69 Å². The number of fused-ring (bicyclic) bond motifs is 1. The molecule has 0 aliphatic heterocycles. The SMILES string of the molecule is CCOC(=O)c1cn2c(Cl)nc(Br)cc2n1. The molecule has 7 heteroatoms. The highest BCUT2D eigenvalue weighted by atomic mass is 79.9. The first kappa shape index (κ1) is 11.3. The van der Waals surface area contributed by atoms with Crippen molar-refractivity contribution in [1.82, 2.24) is 14.4 Å². The van der Waals surface area contributed by atoms with Crippen LogP contribution in [-0.2, 0) is 4.74 Å². The first-order valence-corrected chi connectivity index (χ1v) is 5.67. The number of aromatic nitrogens is 3. The Bertz CT molecular complexity index is 555. The fraction of sp³-hybridized carbons (Fsp3) is 0.222. The molecular weight excluding hydrogens is 297 g/mol. The van der Waals surface area contributed by atoms with E-state index in [1.165, 1.54) is 10.6 Å². The third-order valence-electron chi connectivity index (χ3n) is 1.86. The van der Waals surface area contributed by atoms with Gasteiger partial charge in [0, 0.05) is 12.3 Å². The number of carbonyl (C=O) groups excluding carboxylic acids is 1. The van der Waals surface area contributed by atoms with E-state index in [2.05, 4.69) is 25.9 Å². The normalized spacial score (nSPS) is 10.7. The van der Waals surface area contributed by atoms with Crippen LogP contribution >= 0.6 is 27.5 Å². The predicted molar refractivity (Wildman–Crippen MR) is 61.7 cm³/mol. The molecule has 0 radical (unpaired) electrons. The minimum Gasteiger partial charge on any atom is -0.461 e. The summed E-state index contributed by atoms with van der Waals surface area (Å²) in [6, 6.07) is 1.66. The molecule has 0 aromatic carbocycles. The van der Waals surface area contributed by atoms with Gasteiger partial charge in [-0.2, -0.15) is 0 Å². The Labute approximate surface area is 105 Å². The Hall–Kier alpha value is -1.14. The molecule has 0 amide bonds. The smallest absolute Gasteiger partial charge is 0.358 e. The van der Waals surface area contributed by atoms with E-state index < -0.39 is 5.97 Å². The Morgan fingerprint density at radius 3 is 3.06 bits per heavy atom. The van der Waals surface area contributed by atoms with E-state index in [9.17, 15) is 4.79 Å². The van der Waals surface area contributed by atoms with E-state index in [1.54, 1.807) is 13.0 Å². The molecule has 2 aromatic rings. The summed E-state index contributed by atoms with van der Waals surface area (Å²) in [6.45, 7) is 2.04. The second-order valence-corrected chi connectivity index (χ2v) is 4.07. The van der Waals surface area contributed by atoms with Crippen LogP contribution in [0.3, 0.4) is 0 Å². The van der Waals surface area contributed by atoms with Crippen molar-refractivity contribution in [2.24, 2.45) is 0 Å². The third kappa shape index (κ3) is 2.03. The molecule has 2 heterocycles. The van der Waals surface area contributed by atoms with Crippen LogP contribution in [0.15, 0.2) is 16.9 Å². The molecule has 5 nitrogen and oxygen atoms in total. The van der Waals surface area contributed by atoms with Crippen molar-refractivity contribution >= 4 is 39.1 Å². The summed E-state index contributed by atoms with van der Waals surface area (Å²) in [5.74, 6) is -0.474. The topological polar surface area (TPSA) is 56.5 Å². The van der Waals surface area contributed by atoms with Crippen LogP contribution in [0.4, 0.5) is 0 Å². The van der Waals surface area contributed by atoms with Gasteiger partial charge >= 0.3 is 5.97 Å². The molecule has 0 unspecified atom stereocenters. The van der Waals surface area contributed by atoms with Gasteiger partial charge in [0.05, 0.1) is 6.61 Å². The van der Waals surface area contributed by atoms with Crippen LogP contribution in [0.2, 0.25) is 5.28 Å². The van der Waals surface area contributed by atoms with Gasteiger partial charge in [-0.15, -0.1) is 0 Å². The fourth-order valence-electron chi connectivity index (χ4n) is 1.23. The molecule has 0 bridgehead atoms. The molecule has 0 spiro atoms. The number of hydrogen-bond acceptors (Lipinski definition) is 4. The number of nitrogens with zero attached hydrogens (tertiary/aromatic N) is 3. The molecule has 0 saturated carbocycles. The number of halogens is 2. The van der Waals surface area contributed by atoms with E-state index in [0.717, 1.165) is 0 Å². The highest BCUT2D eigenvalue weighted by Gasteiger charge is 2.13. The molecular formula is C9H7BrClN3O2. The van der Waals surface area contributed by atoms with E-state index in [1.807, 2.05) is 0 Å². The van der Waals surface area contributed by atoms with Crippen molar-refractivity contribution in [1.29, 1.82) is 0 Å². The zero-order valence-electron chi connectivity index (χ0n) is 8.28. The van der Waals surface area contributed by atoms with Crippen LogP contribution in [0, 0.1) is 0 Å². The summed E-state index contributed by atoms with van der Waals surface area (Å²) in [5.41, 5.74) is 0.749. The molecule has 2 aromatic heterocycles. The van der Waals surface area contributed by atoms with Gasteiger partial charge < -0.3 is 4.74 Å². The quantitative estimate of drug-likeness (QED) is 0.485. The maximum atomic E-state index is 11.4. The Kier molecular flexibility index (Phi) is 3.11. The molecule has 16 heavy (non-hydrogen) atoms. The van der Waals surface area contributed by atoms with E-state index in [-0.39, 0.29) is 11.0 Å². The number of rotatable bonds is 2. The van der Waals surface area contributed by atoms with Gasteiger partial charge in [-0.05, 0) is 34.5 Å². The Balaban J connectivity index is 2.51. The fourth-order valence-corrected chi connectivity index (χ4v) is 1.93. The van der Waals surface area contributed by atoms with Gasteiger partial charge in [0.25, 0.3) is 0 Å². The number of imidazole rings is 1. The van der Waals surface area contributed by atoms with Gasteiger partial charge in [-0.3, -0.25) is 4.40 Å². The van der Waals surface area contributed by atoms with Crippen molar-refractivity contribution < 1.29 is 9.53 Å². The van der Waals surface area contributed by atoms with Crippen LogP contribution in [0.25, 0.3) is 5.65 Å². The highest BCUT2D eigenvalue weighted by molar-refractivity contribution is 9.10. The van der Waals surface area contributed by atoms with Gasteiger partial charge in [-0.25, -0.2) is 14.8 Å². The second kappa shape index (κ2) is 4.39. The molecule has 0 aliphatic rings. The largest absolute Gasteiger partial charge is 0.461 e. The lowest BCUT2D eigenvalue weighted by Gasteiger charge is -1.95. The van der Waals surface area contributed by atoms with Crippen LogP contribution in [0.5, 0.6) is 0 Å². The minimum absolute atomic E-state index is 0.212. The predicted octanol–water partition coefficient (Wildman–Crippen LogP) is 2.32. The summed E-state index contributed by atoms with van der Waals surface area (Å²) in [4.78, 5) is 19.5. The lowest BCUT2D eigenvalue weighted by molar-refractivity contribution is 0.0520. The van der Waals surface area contributed by atoms with Crippen LogP contribution < -0.4 is 0 Å². The minimum atomic E-state index is -0.474. The average Bonchev–Trinajstić information content (AvgIpc) is 2.62. The number of hydrogen-bond donors (Lipinski definition) is 0. The summed E-state index contributed by atoms with van der Waals surface area (Å²) in [7, 11) is 0. The van der Waals surface area contributed by atoms with Crippen molar-refractivity contribution in [3.8, 4) is 0 Å².